The molecule has 0 aliphatic carbocycles. The van der Waals surface area contributed by atoms with Gasteiger partial charge in [-0.1, -0.05) is 0 Å². The van der Waals surface area contributed by atoms with Crippen LogP contribution in [0.1, 0.15) is 26.7 Å². The molecule has 0 heterocycles. The Morgan fingerprint density at radius 2 is 1.92 bits per heavy atom. The molecule has 0 atom stereocenters. The minimum absolute atomic E-state index is 0.574. The fourth-order valence-electron chi connectivity index (χ4n) is 1.23. The highest BCUT2D eigenvalue weighted by Gasteiger charge is 2.14. The Kier molecular flexibility index (Phi) is 5.97. The van der Waals surface area contributed by atoms with E-state index in [1.807, 2.05) is 20.9 Å². The molecular formula is C9H21NOS. The van der Waals surface area contributed by atoms with Crippen molar-refractivity contribution in [3.8, 4) is 0 Å². The van der Waals surface area contributed by atoms with Gasteiger partial charge in [0.15, 0.2) is 0 Å². The molecule has 0 aromatic heterocycles. The zero-order valence-electron chi connectivity index (χ0n) is 8.38. The molecule has 0 amide bonds. The molecule has 2 nitrogen and oxygen atoms in total. The molecule has 0 saturated carbocycles. The number of rotatable bonds is 6. The van der Waals surface area contributed by atoms with Crippen LogP contribution in [-0.2, 0) is 0 Å². The van der Waals surface area contributed by atoms with Crippen LogP contribution in [0.3, 0.4) is 0 Å². The second-order valence-electron chi connectivity index (χ2n) is 3.98. The van der Waals surface area contributed by atoms with Gasteiger partial charge in [0.2, 0.25) is 0 Å². The number of unbranched alkanes of at least 4 members (excludes halogenated alkanes) is 1. The standard InChI is InChI=1S/C9H21NOS/c1-9(2,11)8-10(3)6-4-5-7-12/h11-12H,4-8H2,1-3H3. The largest absolute Gasteiger partial charge is 0.389 e. The lowest BCUT2D eigenvalue weighted by Gasteiger charge is -2.25. The Labute approximate surface area is 81.4 Å². The Morgan fingerprint density at radius 1 is 1.33 bits per heavy atom. The highest BCUT2D eigenvalue weighted by molar-refractivity contribution is 7.80. The Hall–Kier alpha value is 0.270. The second kappa shape index (κ2) is 5.84. The van der Waals surface area contributed by atoms with E-state index < -0.39 is 5.60 Å². The first-order valence-electron chi connectivity index (χ1n) is 4.47. The Morgan fingerprint density at radius 3 is 2.33 bits per heavy atom. The first-order chi connectivity index (χ1) is 5.45. The summed E-state index contributed by atoms with van der Waals surface area (Å²) in [5.74, 6) is 0.955. The number of nitrogens with zero attached hydrogens (tertiary/aromatic N) is 1. The van der Waals surface area contributed by atoms with Crippen LogP contribution in [0.15, 0.2) is 0 Å². The number of hydrogen-bond acceptors (Lipinski definition) is 3. The zero-order chi connectivity index (χ0) is 9.61. The zero-order valence-corrected chi connectivity index (χ0v) is 9.27. The summed E-state index contributed by atoms with van der Waals surface area (Å²) in [6, 6.07) is 0. The average molecular weight is 191 g/mol. The lowest BCUT2D eigenvalue weighted by atomic mass is 10.1. The van der Waals surface area contributed by atoms with Crippen molar-refractivity contribution in [3.63, 3.8) is 0 Å². The smallest absolute Gasteiger partial charge is 0.0718 e. The van der Waals surface area contributed by atoms with E-state index >= 15 is 0 Å². The number of aliphatic hydroxyl groups is 1. The Balaban J connectivity index is 3.40. The van der Waals surface area contributed by atoms with Gasteiger partial charge in [-0.05, 0) is 46.0 Å². The number of hydrogen-bond donors (Lipinski definition) is 2. The van der Waals surface area contributed by atoms with Crippen molar-refractivity contribution in [1.29, 1.82) is 0 Å². The summed E-state index contributed by atoms with van der Waals surface area (Å²) in [6.45, 7) is 5.45. The van der Waals surface area contributed by atoms with Crippen LogP contribution in [0.4, 0.5) is 0 Å². The molecule has 12 heavy (non-hydrogen) atoms. The third-order valence-corrected chi connectivity index (χ3v) is 1.92. The van der Waals surface area contributed by atoms with Gasteiger partial charge in [0.1, 0.15) is 0 Å². The molecule has 0 fully saturated rings. The van der Waals surface area contributed by atoms with Crippen LogP contribution >= 0.6 is 12.6 Å². The topological polar surface area (TPSA) is 23.5 Å². The molecule has 3 heteroatoms. The third-order valence-electron chi connectivity index (χ3n) is 1.60. The van der Waals surface area contributed by atoms with Gasteiger partial charge in [0.05, 0.1) is 5.60 Å². The highest BCUT2D eigenvalue weighted by atomic mass is 32.1. The molecule has 0 bridgehead atoms. The van der Waals surface area contributed by atoms with Gasteiger partial charge >= 0.3 is 0 Å². The van der Waals surface area contributed by atoms with Crippen molar-refractivity contribution >= 4 is 12.6 Å². The van der Waals surface area contributed by atoms with Crippen molar-refractivity contribution < 1.29 is 5.11 Å². The summed E-state index contributed by atoms with van der Waals surface area (Å²) in [5.41, 5.74) is -0.574. The summed E-state index contributed by atoms with van der Waals surface area (Å²) in [7, 11) is 2.04. The fourth-order valence-corrected chi connectivity index (χ4v) is 1.46. The molecule has 0 saturated heterocycles. The summed E-state index contributed by atoms with van der Waals surface area (Å²) in [5, 5.41) is 9.49. The molecule has 74 valence electrons. The van der Waals surface area contributed by atoms with Crippen LogP contribution in [0.5, 0.6) is 0 Å². The van der Waals surface area contributed by atoms with Crippen LogP contribution in [0, 0.1) is 0 Å². The summed E-state index contributed by atoms with van der Waals surface area (Å²) in [6.07, 6.45) is 2.31. The SMILES string of the molecule is CN(CCCCS)CC(C)(C)O. The molecule has 0 radical (unpaired) electrons. The van der Waals surface area contributed by atoms with Crippen LogP contribution in [-0.4, -0.2) is 41.5 Å². The van der Waals surface area contributed by atoms with E-state index in [0.717, 1.165) is 31.7 Å². The second-order valence-corrected chi connectivity index (χ2v) is 4.43. The van der Waals surface area contributed by atoms with Gasteiger partial charge in [-0.15, -0.1) is 0 Å². The summed E-state index contributed by atoms with van der Waals surface area (Å²) < 4.78 is 0. The minimum atomic E-state index is -0.574. The Bertz CT molecular complexity index is 112. The minimum Gasteiger partial charge on any atom is -0.389 e. The quantitative estimate of drug-likeness (QED) is 0.490. The van der Waals surface area contributed by atoms with E-state index in [2.05, 4.69) is 17.5 Å². The normalized spacial score (nSPS) is 12.5. The lowest BCUT2D eigenvalue weighted by molar-refractivity contribution is 0.0443. The van der Waals surface area contributed by atoms with Crippen molar-refractivity contribution in [2.45, 2.75) is 32.3 Å². The van der Waals surface area contributed by atoms with Crippen molar-refractivity contribution in [2.24, 2.45) is 0 Å². The molecule has 0 aromatic rings. The first-order valence-corrected chi connectivity index (χ1v) is 5.11. The van der Waals surface area contributed by atoms with E-state index in [1.54, 1.807) is 0 Å². The van der Waals surface area contributed by atoms with Gasteiger partial charge in [-0.25, -0.2) is 0 Å². The predicted octanol–water partition coefficient (Wildman–Crippen LogP) is 1.40. The summed E-state index contributed by atoms with van der Waals surface area (Å²) in [4.78, 5) is 2.16. The fraction of sp³-hybridized carbons (Fsp3) is 1.00. The lowest BCUT2D eigenvalue weighted by Crippen LogP contribution is -2.36. The average Bonchev–Trinajstić information content (AvgIpc) is 1.84. The maximum Gasteiger partial charge on any atom is 0.0718 e. The molecular weight excluding hydrogens is 170 g/mol. The highest BCUT2D eigenvalue weighted by Crippen LogP contribution is 2.04. The van der Waals surface area contributed by atoms with Crippen LogP contribution in [0.25, 0.3) is 0 Å². The van der Waals surface area contributed by atoms with Crippen molar-refractivity contribution in [1.82, 2.24) is 4.90 Å². The van der Waals surface area contributed by atoms with Gasteiger partial charge in [-0.3, -0.25) is 0 Å². The number of thiol groups is 1. The first kappa shape index (κ1) is 12.3. The molecule has 0 unspecified atom stereocenters. The maximum absolute atomic E-state index is 9.49. The molecule has 1 N–H and O–H groups in total. The van der Waals surface area contributed by atoms with E-state index in [0.29, 0.717) is 0 Å². The van der Waals surface area contributed by atoms with Gasteiger partial charge in [-0.2, -0.15) is 12.6 Å². The summed E-state index contributed by atoms with van der Waals surface area (Å²) >= 11 is 4.14. The van der Waals surface area contributed by atoms with E-state index in [1.165, 1.54) is 0 Å². The molecule has 0 aliphatic rings. The third kappa shape index (κ3) is 8.37. The molecule has 0 spiro atoms. The van der Waals surface area contributed by atoms with Gasteiger partial charge in [0, 0.05) is 6.54 Å². The van der Waals surface area contributed by atoms with Gasteiger partial charge < -0.3 is 10.0 Å². The monoisotopic (exact) mass is 191 g/mol. The van der Waals surface area contributed by atoms with E-state index in [-0.39, 0.29) is 0 Å². The molecule has 0 aliphatic heterocycles. The van der Waals surface area contributed by atoms with Crippen molar-refractivity contribution in [2.75, 3.05) is 25.9 Å². The molecule has 0 rings (SSSR count). The number of likely N-dealkylation sites (N-methyl/N-ethyl adjacent to an activating group) is 1. The van der Waals surface area contributed by atoms with Crippen LogP contribution in [0.2, 0.25) is 0 Å². The van der Waals surface area contributed by atoms with Crippen molar-refractivity contribution in [3.05, 3.63) is 0 Å². The predicted molar refractivity (Wildman–Crippen MR) is 56.9 cm³/mol. The van der Waals surface area contributed by atoms with Gasteiger partial charge in [0.25, 0.3) is 0 Å². The van der Waals surface area contributed by atoms with Crippen LogP contribution < -0.4 is 0 Å². The van der Waals surface area contributed by atoms with E-state index in [9.17, 15) is 5.11 Å². The molecule has 0 aromatic carbocycles. The van der Waals surface area contributed by atoms with E-state index in [4.69, 9.17) is 0 Å². The maximum atomic E-state index is 9.49.